The quantitative estimate of drug-likeness (QED) is 0.00446. The molecule has 31 nitrogen and oxygen atoms in total. The Morgan fingerprint density at radius 1 is 0.598 bits per heavy atom. The number of carbonyl (C=O) groups excluding carboxylic acids is 8. The summed E-state index contributed by atoms with van der Waals surface area (Å²) in [6.45, 7) is 59.6. The van der Waals surface area contributed by atoms with Crippen LogP contribution >= 0.6 is 15.9 Å². The standard InChI is InChI=1S/C20H35N3O4Si.C15H31BrN2O3Si.C15H32N2O3Si.C9H14N2O2.C6H12N2O3.C4H6O3.C3H9NO/c1-8-26-20(25)17-16-9-10-21-19(24)18(16)23(22-17)11-12-27-28(13(2)3,14(4)5)15(6)7;1-8-20-15(19)14(16)18-17-9-10-21-22(11(2)3,12(4)5)13(6)7;1-8-19-15(18)11-17-16-9-10-20-21(12(2)3,13(4)5)14(6)7;12-9-8(2-1-3-10-9)11-4-6-13-7-5-11;1-2-11-6(10)5-8-7-3-4-9;1-2-7-4(6)3-5;4-2-1-3-5/h13-15H,8-12H2,1-7H3,(H,21,24);11-13,17H,8-10H2,1-7H3;11-14,16H,8-10H2,1-7H3;2H,1,3-7H2,(H,10,12);5,7,9H,2-4H2,1H3;3H,2H2,1H3;5H,1-4H2/b;18-14-;17-11+;;8-5+;;. The lowest BCUT2D eigenvalue weighted by molar-refractivity contribution is -0.148. The summed E-state index contributed by atoms with van der Waals surface area (Å²) in [6.07, 6.45) is 6.59. The maximum atomic E-state index is 12.4. The number of nitrogens with two attached hydrogens (primary N) is 1. The van der Waals surface area contributed by atoms with E-state index in [9.17, 15) is 38.4 Å². The van der Waals surface area contributed by atoms with E-state index in [4.69, 9.17) is 48.2 Å². The summed E-state index contributed by atoms with van der Waals surface area (Å²) in [5.41, 5.74) is 20.2. The molecule has 9 N–H and O–H groups in total. The van der Waals surface area contributed by atoms with E-state index in [1.807, 2.05) is 6.08 Å². The number of nitrogens with one attached hydrogen (secondary N) is 5. The summed E-state index contributed by atoms with van der Waals surface area (Å²) in [4.78, 5) is 90.4. The van der Waals surface area contributed by atoms with Crippen LogP contribution in [-0.2, 0) is 83.4 Å². The summed E-state index contributed by atoms with van der Waals surface area (Å²) in [5, 5.41) is 37.6. The molecule has 1 fully saturated rings. The minimum absolute atomic E-state index is 0.0137. The van der Waals surface area contributed by atoms with Crippen LogP contribution in [0, 0.1) is 0 Å². The van der Waals surface area contributed by atoms with Gasteiger partial charge in [0.2, 0.25) is 10.9 Å². The number of aliphatic hydroxyl groups is 2. The van der Waals surface area contributed by atoms with Gasteiger partial charge in [-0.15, -0.1) is 0 Å². The number of aliphatic hydroxyl groups excluding tert-OH is 2. The number of carbonyl (C=O) groups is 8. The van der Waals surface area contributed by atoms with E-state index in [-0.39, 0.29) is 54.8 Å². The van der Waals surface area contributed by atoms with Crippen LogP contribution in [-0.4, -0.2) is 246 Å². The highest BCUT2D eigenvalue weighted by molar-refractivity contribution is 9.19. The van der Waals surface area contributed by atoms with E-state index in [1.54, 1.807) is 39.3 Å². The molecule has 1 aromatic rings. The number of hydrazone groups is 3. The molecule has 0 bridgehead atoms. The zero-order valence-corrected chi connectivity index (χ0v) is 73.5. The number of nitrogens with zero attached hydrogens (tertiary/aromatic N) is 6. The molecule has 35 heteroatoms. The van der Waals surface area contributed by atoms with Gasteiger partial charge >= 0.3 is 29.8 Å². The lowest BCUT2D eigenvalue weighted by atomic mass is 10.1. The van der Waals surface area contributed by atoms with E-state index >= 15 is 0 Å². The van der Waals surface area contributed by atoms with Crippen molar-refractivity contribution < 1.29 is 90.3 Å². The molecule has 107 heavy (non-hydrogen) atoms. The third-order valence-electron chi connectivity index (χ3n) is 17.3. The fourth-order valence-electron chi connectivity index (χ4n) is 13.3. The molecule has 0 aromatic carbocycles. The first-order valence-electron chi connectivity index (χ1n) is 37.9. The number of aldehydes is 1. The number of ether oxygens (including phenoxy) is 6. The molecule has 0 radical (unpaired) electrons. The van der Waals surface area contributed by atoms with Crippen molar-refractivity contribution in [3.8, 4) is 0 Å². The van der Waals surface area contributed by atoms with Crippen molar-refractivity contribution in [2.24, 2.45) is 21.0 Å². The van der Waals surface area contributed by atoms with Crippen molar-refractivity contribution in [3.63, 3.8) is 0 Å². The second kappa shape index (κ2) is 60.7. The number of morpholine rings is 1. The van der Waals surface area contributed by atoms with Crippen molar-refractivity contribution in [3.05, 3.63) is 28.7 Å². The average molecular weight is 1640 g/mol. The van der Waals surface area contributed by atoms with E-state index in [1.165, 1.54) is 0 Å². The number of halogens is 1. The Bertz CT molecular complexity index is 2720. The Morgan fingerprint density at radius 3 is 1.40 bits per heavy atom. The summed E-state index contributed by atoms with van der Waals surface area (Å²) >= 11 is 3.09. The number of amides is 2. The van der Waals surface area contributed by atoms with Crippen molar-refractivity contribution >= 4 is 106 Å². The van der Waals surface area contributed by atoms with Gasteiger partial charge in [0, 0.05) is 38.3 Å². The van der Waals surface area contributed by atoms with Gasteiger partial charge in [-0.2, -0.15) is 20.4 Å². The van der Waals surface area contributed by atoms with Crippen molar-refractivity contribution in [1.29, 1.82) is 0 Å². The normalized spacial score (nSPS) is 13.8. The lowest BCUT2D eigenvalue weighted by Gasteiger charge is -2.42. The largest absolute Gasteiger partial charge is 0.462 e. The van der Waals surface area contributed by atoms with Gasteiger partial charge in [0.15, 0.2) is 30.6 Å². The molecule has 2 amide bonds. The van der Waals surface area contributed by atoms with E-state index in [0.717, 1.165) is 63.8 Å². The molecule has 3 aliphatic heterocycles. The molecule has 1 aromatic heterocycles. The van der Waals surface area contributed by atoms with Crippen LogP contribution < -0.4 is 32.6 Å². The number of esters is 5. The van der Waals surface area contributed by atoms with E-state index in [0.29, 0.717) is 146 Å². The van der Waals surface area contributed by atoms with Gasteiger partial charge in [0.1, 0.15) is 18.1 Å². The number of aromatic nitrogens is 2. The molecule has 0 saturated carbocycles. The Labute approximate surface area is 650 Å². The summed E-state index contributed by atoms with van der Waals surface area (Å²) in [5.74, 6) is -2.78. The van der Waals surface area contributed by atoms with Gasteiger partial charge in [-0.3, -0.25) is 19.1 Å². The first-order chi connectivity index (χ1) is 50.5. The smallest absolute Gasteiger partial charge is 0.371 e. The highest BCUT2D eigenvalue weighted by Crippen LogP contribution is 2.44. The first-order valence-corrected chi connectivity index (χ1v) is 45.1. The molecule has 620 valence electrons. The third-order valence-corrected chi connectivity index (χ3v) is 36.2. The van der Waals surface area contributed by atoms with Gasteiger partial charge in [-0.05, 0) is 126 Å². The summed E-state index contributed by atoms with van der Waals surface area (Å²) in [7, 11) is -5.63. The molecule has 3 aliphatic rings. The Hall–Kier alpha value is -6.03. The van der Waals surface area contributed by atoms with Crippen molar-refractivity contribution in [2.45, 2.75) is 235 Å². The lowest BCUT2D eigenvalue weighted by Crippen LogP contribution is -2.48. The van der Waals surface area contributed by atoms with Gasteiger partial charge in [-0.25, -0.2) is 24.0 Å². The van der Waals surface area contributed by atoms with Crippen LogP contribution in [0.2, 0.25) is 49.9 Å². The molecule has 0 atom stereocenters. The highest BCUT2D eigenvalue weighted by Gasteiger charge is 2.47. The zero-order valence-electron chi connectivity index (χ0n) is 68.9. The molecule has 1 saturated heterocycles. The van der Waals surface area contributed by atoms with Gasteiger partial charge in [0.25, 0.3) is 11.8 Å². The summed E-state index contributed by atoms with van der Waals surface area (Å²) < 4.78 is 49.7. The zero-order chi connectivity index (χ0) is 82.3. The molecule has 0 unspecified atom stereocenters. The van der Waals surface area contributed by atoms with E-state index < -0.39 is 54.8 Å². The first kappa shape index (κ1) is 105. The van der Waals surface area contributed by atoms with E-state index in [2.05, 4.69) is 202 Å². The summed E-state index contributed by atoms with van der Waals surface area (Å²) in [6, 6.07) is 0. The number of hydrogen-bond acceptors (Lipinski definition) is 28. The van der Waals surface area contributed by atoms with Gasteiger partial charge in [0.05, 0.1) is 105 Å². The molecule has 0 aliphatic carbocycles. The van der Waals surface area contributed by atoms with Gasteiger partial charge in [-0.1, -0.05) is 131 Å². The second-order valence-electron chi connectivity index (χ2n) is 27.2. The molecular formula is C72H139BrN12O19Si3. The van der Waals surface area contributed by atoms with Crippen LogP contribution in [0.25, 0.3) is 0 Å². The van der Waals surface area contributed by atoms with Crippen molar-refractivity contribution in [1.82, 2.24) is 41.6 Å². The Kier molecular flexibility index (Phi) is 59.7. The van der Waals surface area contributed by atoms with Crippen molar-refractivity contribution in [2.75, 3.05) is 132 Å². The van der Waals surface area contributed by atoms with Gasteiger partial charge < -0.3 is 89.5 Å². The topological polar surface area (TPSA) is 404 Å². The Balaban J connectivity index is -0.00000125. The fourth-order valence-corrected chi connectivity index (χ4v) is 29.9. The van der Waals surface area contributed by atoms with Crippen LogP contribution in [0.3, 0.4) is 0 Å². The maximum absolute atomic E-state index is 12.4. The number of rotatable bonds is 39. The SMILES string of the molecule is CCOC(=O)/C(Br)=N/NCCO[Si](C(C)C)(C(C)C)C(C)C.CCOC(=O)/C=N/NCCO.CCOC(=O)/C=N/NCCO[Si](C(C)C)(C(C)C)C(C)C.CCOC(=O)C=O.CCOC(=O)c1nn(CCO[Si](C(C)C)(C(C)C)C(C)C)c2c1CCNC2=O.NCCCO.O=C1NCCC=C1N1CCOCC1. The predicted octanol–water partition coefficient (Wildman–Crippen LogP) is 8.81. The molecule has 4 rings (SSSR count). The average Bonchev–Trinajstić information content (AvgIpc) is 1.01. The monoisotopic (exact) mass is 1640 g/mol. The molecule has 4 heterocycles. The highest BCUT2D eigenvalue weighted by atomic mass is 79.9. The third kappa shape index (κ3) is 39.4. The van der Waals surface area contributed by atoms with Crippen LogP contribution in [0.15, 0.2) is 27.1 Å². The molecule has 0 spiro atoms. The minimum Gasteiger partial charge on any atom is -0.462 e. The number of fused-ring (bicyclic) bond motifs is 1. The molecular weight excluding hydrogens is 1500 g/mol. The Morgan fingerprint density at radius 2 is 1.02 bits per heavy atom. The minimum atomic E-state index is -1.99. The van der Waals surface area contributed by atoms with Crippen LogP contribution in [0.4, 0.5) is 0 Å². The maximum Gasteiger partial charge on any atom is 0.371 e. The van der Waals surface area contributed by atoms with Crippen LogP contribution in [0.5, 0.6) is 0 Å². The second-order valence-corrected chi connectivity index (χ2v) is 44.3. The predicted molar refractivity (Wildman–Crippen MR) is 431 cm³/mol. The number of hydrogen-bond donors (Lipinski definition) is 8. The fraction of sp³-hybridized carbons (Fsp3) is 0.778. The van der Waals surface area contributed by atoms with Crippen LogP contribution in [0.1, 0.15) is 199 Å².